The second kappa shape index (κ2) is 8.29. The fourth-order valence-electron chi connectivity index (χ4n) is 1.53. The Morgan fingerprint density at radius 3 is 2.81 bits per heavy atom. The number of nitrogens with zero attached hydrogens (tertiary/aromatic N) is 1. The monoisotopic (exact) mass is 277 g/mol. The number of nitrogen functional groups attached to an aromatic ring is 1. The van der Waals surface area contributed by atoms with Crippen molar-refractivity contribution in [3.8, 4) is 0 Å². The Labute approximate surface area is 108 Å². The van der Waals surface area contributed by atoms with Crippen LogP contribution in [0.15, 0.2) is 0 Å². The van der Waals surface area contributed by atoms with Crippen LogP contribution in [0.25, 0.3) is 0 Å². The van der Waals surface area contributed by atoms with E-state index in [4.69, 9.17) is 5.73 Å². The Kier molecular flexibility index (Phi) is 7.37. The van der Waals surface area contributed by atoms with E-state index in [2.05, 4.69) is 25.1 Å². The molecule has 0 aliphatic heterocycles. The summed E-state index contributed by atoms with van der Waals surface area (Å²) in [7, 11) is 2.53. The van der Waals surface area contributed by atoms with Crippen molar-refractivity contribution in [2.24, 2.45) is 0 Å². The van der Waals surface area contributed by atoms with Crippen molar-refractivity contribution in [3.05, 3.63) is 10.6 Å². The first-order valence-corrected chi connectivity index (χ1v) is 8.71. The summed E-state index contributed by atoms with van der Waals surface area (Å²) in [4.78, 5) is 5.67. The molecule has 0 amide bonds. The Bertz CT molecular complexity index is 277. The third-order valence-corrected chi connectivity index (χ3v) is 4.15. The van der Waals surface area contributed by atoms with E-state index in [0.29, 0.717) is 0 Å². The molecule has 0 radical (unpaired) electrons. The van der Waals surface area contributed by atoms with E-state index in [9.17, 15) is 0 Å². The second-order valence-electron chi connectivity index (χ2n) is 3.64. The van der Waals surface area contributed by atoms with Gasteiger partial charge in [0.05, 0.1) is 5.69 Å². The SMILES string of the molecule is CCCNSP.Nc1nc2c(s1)CCCC2. The van der Waals surface area contributed by atoms with Gasteiger partial charge in [0.1, 0.15) is 0 Å². The lowest BCUT2D eigenvalue weighted by atomic mass is 10.0. The normalized spacial score (nSPS) is 13.9. The summed E-state index contributed by atoms with van der Waals surface area (Å²) in [6, 6.07) is 0. The molecular weight excluding hydrogens is 257 g/mol. The Balaban J connectivity index is 0.000000187. The van der Waals surface area contributed by atoms with E-state index >= 15 is 0 Å². The van der Waals surface area contributed by atoms with Crippen molar-refractivity contribution < 1.29 is 0 Å². The molecule has 2 rings (SSSR count). The molecule has 6 heteroatoms. The number of thiazole rings is 1. The van der Waals surface area contributed by atoms with E-state index < -0.39 is 0 Å². The Morgan fingerprint density at radius 1 is 1.50 bits per heavy atom. The number of nitrogens with one attached hydrogen (secondary N) is 1. The first-order valence-electron chi connectivity index (χ1n) is 5.60. The maximum atomic E-state index is 5.57. The molecule has 1 aromatic heterocycles. The fraction of sp³-hybridized carbons (Fsp3) is 0.700. The van der Waals surface area contributed by atoms with Gasteiger partial charge in [0.2, 0.25) is 0 Å². The van der Waals surface area contributed by atoms with Crippen LogP contribution in [-0.4, -0.2) is 11.5 Å². The molecule has 0 aromatic carbocycles. The van der Waals surface area contributed by atoms with Crippen molar-refractivity contribution in [2.75, 3.05) is 12.3 Å². The molecule has 92 valence electrons. The molecule has 16 heavy (non-hydrogen) atoms. The number of hydrogen-bond donors (Lipinski definition) is 2. The van der Waals surface area contributed by atoms with Gasteiger partial charge in [0, 0.05) is 11.4 Å². The standard InChI is InChI=1S/C7H10N2S.C3H10NPS/c8-7-9-5-3-1-2-4-6(5)10-7;1-2-3-4-6-5/h1-4H2,(H2,8,9);4H,2-3,5H2,1H3. The van der Waals surface area contributed by atoms with Gasteiger partial charge in [-0.1, -0.05) is 26.9 Å². The van der Waals surface area contributed by atoms with Gasteiger partial charge in [-0.3, -0.25) is 4.72 Å². The second-order valence-corrected chi connectivity index (χ2v) is 5.99. The molecule has 0 spiro atoms. The minimum Gasteiger partial charge on any atom is -0.375 e. The predicted octanol–water partition coefficient (Wildman–Crippen LogP) is 3.03. The number of aromatic nitrogens is 1. The van der Waals surface area contributed by atoms with Gasteiger partial charge >= 0.3 is 0 Å². The van der Waals surface area contributed by atoms with Crippen LogP contribution in [0, 0.1) is 0 Å². The van der Waals surface area contributed by atoms with E-state index in [1.165, 1.54) is 36.3 Å². The molecule has 0 saturated heterocycles. The van der Waals surface area contributed by atoms with Gasteiger partial charge in [0.15, 0.2) is 5.13 Å². The smallest absolute Gasteiger partial charge is 0.180 e. The molecular formula is C10H20N3PS2. The van der Waals surface area contributed by atoms with Crippen LogP contribution in [0.3, 0.4) is 0 Å². The lowest BCUT2D eigenvalue weighted by molar-refractivity contribution is 0.683. The molecule has 3 nitrogen and oxygen atoms in total. The van der Waals surface area contributed by atoms with Crippen molar-refractivity contribution in [2.45, 2.75) is 39.0 Å². The third-order valence-electron chi connectivity index (χ3n) is 2.30. The van der Waals surface area contributed by atoms with E-state index in [1.54, 1.807) is 22.9 Å². The molecule has 0 fully saturated rings. The maximum absolute atomic E-state index is 5.57. The van der Waals surface area contributed by atoms with Crippen LogP contribution in [0.5, 0.6) is 0 Å². The van der Waals surface area contributed by atoms with Crippen LogP contribution in [0.1, 0.15) is 36.8 Å². The molecule has 1 aliphatic rings. The van der Waals surface area contributed by atoms with Crippen molar-refractivity contribution in [3.63, 3.8) is 0 Å². The number of fused-ring (bicyclic) bond motifs is 1. The average molecular weight is 277 g/mol. The zero-order chi connectivity index (χ0) is 11.8. The highest BCUT2D eigenvalue weighted by atomic mass is 32.7. The topological polar surface area (TPSA) is 50.9 Å². The summed E-state index contributed by atoms with van der Waals surface area (Å²) in [6.45, 7) is 3.25. The summed E-state index contributed by atoms with van der Waals surface area (Å²) < 4.78 is 3.08. The molecule has 1 heterocycles. The molecule has 1 unspecified atom stereocenters. The highest BCUT2D eigenvalue weighted by Crippen LogP contribution is 2.27. The van der Waals surface area contributed by atoms with E-state index in [1.807, 2.05) is 0 Å². The van der Waals surface area contributed by atoms with Gasteiger partial charge in [-0.25, -0.2) is 4.98 Å². The van der Waals surface area contributed by atoms with Crippen LogP contribution in [0.4, 0.5) is 5.13 Å². The van der Waals surface area contributed by atoms with Crippen molar-refractivity contribution in [1.82, 2.24) is 9.71 Å². The number of nitrogens with two attached hydrogens (primary N) is 1. The van der Waals surface area contributed by atoms with Gasteiger partial charge in [0.25, 0.3) is 0 Å². The third kappa shape index (κ3) is 5.00. The lowest BCUT2D eigenvalue weighted by Crippen LogP contribution is -1.99. The van der Waals surface area contributed by atoms with Crippen LogP contribution in [0.2, 0.25) is 0 Å². The molecule has 0 bridgehead atoms. The highest BCUT2D eigenvalue weighted by molar-refractivity contribution is 8.42. The highest BCUT2D eigenvalue weighted by Gasteiger charge is 2.12. The molecule has 3 N–H and O–H groups in total. The zero-order valence-electron chi connectivity index (χ0n) is 9.66. The average Bonchev–Trinajstić information content (AvgIpc) is 2.67. The minimum atomic E-state index is 0.743. The van der Waals surface area contributed by atoms with Crippen molar-refractivity contribution >= 4 is 36.5 Å². The molecule has 0 saturated carbocycles. The van der Waals surface area contributed by atoms with Crippen LogP contribution >= 0.6 is 31.3 Å². The zero-order valence-corrected chi connectivity index (χ0v) is 12.4. The van der Waals surface area contributed by atoms with Crippen molar-refractivity contribution in [1.29, 1.82) is 0 Å². The van der Waals surface area contributed by atoms with Gasteiger partial charge in [-0.2, -0.15) is 0 Å². The van der Waals surface area contributed by atoms with E-state index in [-0.39, 0.29) is 0 Å². The molecule has 1 aromatic rings. The quantitative estimate of drug-likeness (QED) is 0.506. The molecule has 1 aliphatic carbocycles. The Hall–Kier alpha value is 0.170. The predicted molar refractivity (Wildman–Crippen MR) is 78.8 cm³/mol. The van der Waals surface area contributed by atoms with Gasteiger partial charge in [-0.05, 0) is 32.1 Å². The number of rotatable bonds is 3. The first kappa shape index (κ1) is 14.2. The van der Waals surface area contributed by atoms with Crippen LogP contribution in [-0.2, 0) is 12.8 Å². The minimum absolute atomic E-state index is 0.743. The Morgan fingerprint density at radius 2 is 2.25 bits per heavy atom. The summed E-state index contributed by atoms with van der Waals surface area (Å²) in [5, 5.41) is 0.743. The summed E-state index contributed by atoms with van der Waals surface area (Å²) in [5.74, 6) is 0. The summed E-state index contributed by atoms with van der Waals surface area (Å²) >= 11 is 3.25. The molecule has 1 atom stereocenters. The number of aryl methyl sites for hydroxylation is 2. The number of hydrogen-bond acceptors (Lipinski definition) is 5. The van der Waals surface area contributed by atoms with Gasteiger partial charge in [-0.15, -0.1) is 11.3 Å². The maximum Gasteiger partial charge on any atom is 0.180 e. The van der Waals surface area contributed by atoms with Gasteiger partial charge < -0.3 is 5.73 Å². The van der Waals surface area contributed by atoms with E-state index in [0.717, 1.165) is 18.1 Å². The largest absolute Gasteiger partial charge is 0.375 e. The fourth-order valence-corrected chi connectivity index (χ4v) is 3.13. The first-order chi connectivity index (χ1) is 7.77. The number of anilines is 1. The summed E-state index contributed by atoms with van der Waals surface area (Å²) in [6.07, 6.45) is 6.15. The van der Waals surface area contributed by atoms with Crippen LogP contribution < -0.4 is 10.5 Å². The lowest BCUT2D eigenvalue weighted by Gasteiger charge is -2.06. The summed E-state index contributed by atoms with van der Waals surface area (Å²) in [5.41, 5.74) is 6.82.